The maximum Gasteiger partial charge on any atom is 0.274 e. The molecule has 0 aliphatic rings. The van der Waals surface area contributed by atoms with Gasteiger partial charge in [0.25, 0.3) is 5.78 Å². The van der Waals surface area contributed by atoms with Crippen molar-refractivity contribution >= 4 is 17.4 Å². The minimum atomic E-state index is 0.426. The molecule has 2 aromatic heterocycles. The second-order valence-corrected chi connectivity index (χ2v) is 2.50. The summed E-state index contributed by atoms with van der Waals surface area (Å²) < 4.78 is 1.37. The summed E-state index contributed by atoms with van der Waals surface area (Å²) in [6.45, 7) is 1.83. The molecule has 0 radical (unpaired) electrons. The van der Waals surface area contributed by atoms with Crippen LogP contribution in [-0.4, -0.2) is 25.0 Å². The summed E-state index contributed by atoms with van der Waals surface area (Å²) in [5.41, 5.74) is 0.803. The van der Waals surface area contributed by atoms with E-state index in [-0.39, 0.29) is 0 Å². The molecule has 5 nitrogen and oxygen atoms in total. The van der Waals surface area contributed by atoms with E-state index in [2.05, 4.69) is 20.5 Å². The maximum atomic E-state index is 5.78. The minimum Gasteiger partial charge on any atom is -0.215 e. The molecule has 0 spiro atoms. The van der Waals surface area contributed by atoms with Crippen molar-refractivity contribution in [2.45, 2.75) is 6.92 Å². The van der Waals surface area contributed by atoms with Crippen LogP contribution in [-0.2, 0) is 0 Å². The number of hydrogen-bond donors (Lipinski definition) is 0. The quantitative estimate of drug-likeness (QED) is 0.539. The molecule has 0 N–H and O–H groups in total. The molecule has 2 rings (SSSR count). The van der Waals surface area contributed by atoms with Gasteiger partial charge in [-0.25, -0.2) is 4.98 Å². The molecule has 0 aliphatic carbocycles. The van der Waals surface area contributed by atoms with E-state index in [4.69, 9.17) is 11.6 Å². The zero-order valence-corrected chi connectivity index (χ0v) is 6.45. The van der Waals surface area contributed by atoms with E-state index < -0.39 is 0 Å². The van der Waals surface area contributed by atoms with Crippen molar-refractivity contribution in [1.82, 2.24) is 25.0 Å². The molecule has 2 heterocycles. The van der Waals surface area contributed by atoms with E-state index in [1.165, 1.54) is 4.52 Å². The van der Waals surface area contributed by atoms with Crippen LogP contribution >= 0.6 is 11.6 Å². The van der Waals surface area contributed by atoms with Crippen molar-refractivity contribution in [3.05, 3.63) is 16.9 Å². The standard InChI is InChI=1S/C5H4ClN5/c1-3-2-4(6)11-5(7-3)8-9-10-11/h2H,1H3. The van der Waals surface area contributed by atoms with Crippen LogP contribution in [0.4, 0.5) is 0 Å². The second-order valence-electron chi connectivity index (χ2n) is 2.11. The van der Waals surface area contributed by atoms with Crippen molar-refractivity contribution < 1.29 is 0 Å². The predicted molar refractivity (Wildman–Crippen MR) is 38.3 cm³/mol. The first-order valence-electron chi connectivity index (χ1n) is 2.98. The van der Waals surface area contributed by atoms with Crippen LogP contribution in [0, 0.1) is 6.92 Å². The number of rotatable bonds is 0. The van der Waals surface area contributed by atoms with Gasteiger partial charge in [0.2, 0.25) is 0 Å². The summed E-state index contributed by atoms with van der Waals surface area (Å²) >= 11 is 5.78. The van der Waals surface area contributed by atoms with E-state index in [1.807, 2.05) is 6.92 Å². The molecule has 0 amide bonds. The number of aryl methyl sites for hydroxylation is 1. The average molecular weight is 170 g/mol. The first-order chi connectivity index (χ1) is 5.27. The third-order valence-electron chi connectivity index (χ3n) is 1.26. The van der Waals surface area contributed by atoms with Crippen molar-refractivity contribution in [2.24, 2.45) is 0 Å². The molecule has 11 heavy (non-hydrogen) atoms. The van der Waals surface area contributed by atoms with Crippen molar-refractivity contribution in [1.29, 1.82) is 0 Å². The van der Waals surface area contributed by atoms with Gasteiger partial charge in [-0.2, -0.15) is 4.52 Å². The van der Waals surface area contributed by atoms with Gasteiger partial charge in [0.15, 0.2) is 0 Å². The van der Waals surface area contributed by atoms with Crippen LogP contribution in [0.25, 0.3) is 5.78 Å². The highest BCUT2D eigenvalue weighted by molar-refractivity contribution is 6.29. The molecule has 6 heteroatoms. The fourth-order valence-electron chi connectivity index (χ4n) is 0.814. The lowest BCUT2D eigenvalue weighted by molar-refractivity contribution is 0.820. The Bertz CT molecular complexity index is 395. The maximum absolute atomic E-state index is 5.78. The highest BCUT2D eigenvalue weighted by atomic mass is 35.5. The van der Waals surface area contributed by atoms with Gasteiger partial charge in [-0.1, -0.05) is 16.7 Å². The monoisotopic (exact) mass is 169 g/mol. The van der Waals surface area contributed by atoms with Gasteiger partial charge in [0.1, 0.15) is 5.15 Å². The number of hydrogen-bond acceptors (Lipinski definition) is 4. The van der Waals surface area contributed by atoms with Crippen LogP contribution in [0.5, 0.6) is 0 Å². The Kier molecular flexibility index (Phi) is 1.25. The third kappa shape index (κ3) is 0.932. The van der Waals surface area contributed by atoms with Gasteiger partial charge in [0.05, 0.1) is 0 Å². The predicted octanol–water partition coefficient (Wildman–Crippen LogP) is 0.481. The molecule has 0 atom stereocenters. The lowest BCUT2D eigenvalue weighted by Gasteiger charge is -1.93. The smallest absolute Gasteiger partial charge is 0.215 e. The van der Waals surface area contributed by atoms with Gasteiger partial charge in [-0.15, -0.1) is 0 Å². The Morgan fingerprint density at radius 1 is 1.55 bits per heavy atom. The van der Waals surface area contributed by atoms with E-state index in [0.717, 1.165) is 5.69 Å². The van der Waals surface area contributed by atoms with Crippen molar-refractivity contribution in [2.75, 3.05) is 0 Å². The SMILES string of the molecule is Cc1cc(Cl)n2nnnc2n1. The van der Waals surface area contributed by atoms with Crippen LogP contribution < -0.4 is 0 Å². The number of nitrogens with zero attached hydrogens (tertiary/aromatic N) is 5. The molecule has 0 fully saturated rings. The first-order valence-corrected chi connectivity index (χ1v) is 3.36. The Morgan fingerprint density at radius 3 is 3.18 bits per heavy atom. The molecule has 0 saturated carbocycles. The highest BCUT2D eigenvalue weighted by Gasteiger charge is 2.02. The third-order valence-corrected chi connectivity index (χ3v) is 1.53. The van der Waals surface area contributed by atoms with Gasteiger partial charge in [-0.3, -0.25) is 0 Å². The summed E-state index contributed by atoms with van der Waals surface area (Å²) in [6, 6.07) is 1.70. The summed E-state index contributed by atoms with van der Waals surface area (Å²) in [4.78, 5) is 4.04. The molecule has 0 saturated heterocycles. The number of fused-ring (bicyclic) bond motifs is 1. The van der Waals surface area contributed by atoms with Gasteiger partial charge in [-0.05, 0) is 23.4 Å². The lowest BCUT2D eigenvalue weighted by Crippen LogP contribution is -1.94. The summed E-state index contributed by atoms with van der Waals surface area (Å²) in [7, 11) is 0. The Hall–Kier alpha value is -1.23. The molecule has 0 aliphatic heterocycles. The molecule has 2 aromatic rings. The number of aromatic nitrogens is 5. The van der Waals surface area contributed by atoms with Gasteiger partial charge >= 0.3 is 0 Å². The van der Waals surface area contributed by atoms with Crippen molar-refractivity contribution in [3.63, 3.8) is 0 Å². The largest absolute Gasteiger partial charge is 0.274 e. The second kappa shape index (κ2) is 2.13. The highest BCUT2D eigenvalue weighted by Crippen LogP contribution is 2.08. The molecular formula is C5H4ClN5. The van der Waals surface area contributed by atoms with E-state index in [9.17, 15) is 0 Å². The Morgan fingerprint density at radius 2 is 2.36 bits per heavy atom. The minimum absolute atomic E-state index is 0.426. The Labute approximate surface area is 67.0 Å². The summed E-state index contributed by atoms with van der Waals surface area (Å²) in [6.07, 6.45) is 0. The van der Waals surface area contributed by atoms with Crippen LogP contribution in [0.1, 0.15) is 5.69 Å². The summed E-state index contributed by atoms with van der Waals surface area (Å²) in [5, 5.41) is 11.2. The average Bonchev–Trinajstić information content (AvgIpc) is 2.34. The van der Waals surface area contributed by atoms with Crippen LogP contribution in [0.15, 0.2) is 6.07 Å². The number of tetrazole rings is 1. The van der Waals surface area contributed by atoms with E-state index in [1.54, 1.807) is 6.07 Å². The van der Waals surface area contributed by atoms with E-state index in [0.29, 0.717) is 10.9 Å². The molecule has 0 aromatic carbocycles. The Balaban J connectivity index is 2.91. The van der Waals surface area contributed by atoms with Crippen molar-refractivity contribution in [3.8, 4) is 0 Å². The lowest BCUT2D eigenvalue weighted by atomic mass is 10.5. The first kappa shape index (κ1) is 6.48. The zero-order valence-electron chi connectivity index (χ0n) is 5.69. The molecule has 56 valence electrons. The fourth-order valence-corrected chi connectivity index (χ4v) is 1.08. The topological polar surface area (TPSA) is 56.0 Å². The van der Waals surface area contributed by atoms with E-state index >= 15 is 0 Å². The fraction of sp³-hybridized carbons (Fsp3) is 0.200. The normalized spacial score (nSPS) is 10.7. The van der Waals surface area contributed by atoms with Crippen LogP contribution in [0.2, 0.25) is 5.15 Å². The molecule has 0 unspecified atom stereocenters. The summed E-state index contributed by atoms with van der Waals surface area (Å²) in [5.74, 6) is 0.426. The zero-order chi connectivity index (χ0) is 7.84. The molecule has 0 bridgehead atoms. The number of halogens is 1. The molecular weight excluding hydrogens is 166 g/mol. The van der Waals surface area contributed by atoms with Crippen LogP contribution in [0.3, 0.4) is 0 Å². The van der Waals surface area contributed by atoms with Gasteiger partial charge < -0.3 is 0 Å². The van der Waals surface area contributed by atoms with Gasteiger partial charge in [0, 0.05) is 5.69 Å².